The monoisotopic (exact) mass is 453 g/mol. The van der Waals surface area contributed by atoms with E-state index in [2.05, 4.69) is 15.3 Å². The van der Waals surface area contributed by atoms with Crippen LogP contribution < -0.4 is 9.47 Å². The average Bonchev–Trinajstić information content (AvgIpc) is 3.38. The van der Waals surface area contributed by atoms with Gasteiger partial charge in [0.05, 0.1) is 31.1 Å². The van der Waals surface area contributed by atoms with Gasteiger partial charge in [-0.25, -0.2) is 14.5 Å². The van der Waals surface area contributed by atoms with Crippen LogP contribution in [0.25, 0.3) is 28.0 Å². The quantitative estimate of drug-likeness (QED) is 0.330. The molecule has 11 heteroatoms. The van der Waals surface area contributed by atoms with E-state index >= 15 is 0 Å². The van der Waals surface area contributed by atoms with E-state index < -0.39 is 6.16 Å². The van der Waals surface area contributed by atoms with E-state index in [4.69, 9.17) is 14.2 Å². The number of ether oxygens (including phenoxy) is 3. The maximum atomic E-state index is 11.7. The number of hydrogen-bond donors (Lipinski definition) is 2. The summed E-state index contributed by atoms with van der Waals surface area (Å²) < 4.78 is 18.5. The number of phenolic OH excluding ortho intramolecular Hbond substituents is 1. The second kappa shape index (κ2) is 8.69. The number of hydrogen-bond acceptors (Lipinski definition) is 9. The Bertz CT molecular complexity index is 1330. The summed E-state index contributed by atoms with van der Waals surface area (Å²) >= 11 is 0. The third kappa shape index (κ3) is 3.88. The molecular formula is C22H23N5O6. The Hall–Kier alpha value is -4.28. The summed E-state index contributed by atoms with van der Waals surface area (Å²) in [7, 11) is 1.38. The lowest BCUT2D eigenvalue weighted by atomic mass is 10.1. The van der Waals surface area contributed by atoms with E-state index in [1.165, 1.54) is 23.9 Å². The van der Waals surface area contributed by atoms with Crippen molar-refractivity contribution in [2.45, 2.75) is 26.8 Å². The Labute approximate surface area is 188 Å². The largest absolute Gasteiger partial charge is 0.513 e. The van der Waals surface area contributed by atoms with E-state index in [9.17, 15) is 15.0 Å². The van der Waals surface area contributed by atoms with E-state index in [-0.39, 0.29) is 47.2 Å². The standard InChI is InChI=1S/C22H23N5O6/c1-5-32-22(30)33-18-10-16(28)15(9-17(18)31-4)27-20(21(29)24-25-27)13-7-6-8-14-19(13)23-11-26(14)12(2)3/h6-12,28-29H,5H2,1-4H3. The van der Waals surface area contributed by atoms with Crippen LogP contribution in [0.5, 0.6) is 23.1 Å². The summed E-state index contributed by atoms with van der Waals surface area (Å²) in [6, 6.07) is 8.34. The van der Waals surface area contributed by atoms with Crippen molar-refractivity contribution in [3.05, 3.63) is 36.7 Å². The van der Waals surface area contributed by atoms with E-state index in [1.54, 1.807) is 19.3 Å². The maximum absolute atomic E-state index is 11.7. The Kier molecular flexibility index (Phi) is 5.78. The first-order chi connectivity index (χ1) is 15.8. The lowest BCUT2D eigenvalue weighted by Crippen LogP contribution is -2.11. The molecule has 0 aliphatic carbocycles. The molecule has 0 aliphatic heterocycles. The van der Waals surface area contributed by atoms with Gasteiger partial charge < -0.3 is 29.0 Å². The van der Waals surface area contributed by atoms with Crippen molar-refractivity contribution in [2.75, 3.05) is 13.7 Å². The first-order valence-electron chi connectivity index (χ1n) is 10.2. The normalized spacial score (nSPS) is 11.2. The molecule has 0 amide bonds. The Morgan fingerprint density at radius 1 is 1.18 bits per heavy atom. The van der Waals surface area contributed by atoms with Crippen molar-refractivity contribution in [3.8, 4) is 40.1 Å². The van der Waals surface area contributed by atoms with Crippen molar-refractivity contribution in [3.63, 3.8) is 0 Å². The summed E-state index contributed by atoms with van der Waals surface area (Å²) in [6.07, 6.45) is 0.793. The third-order valence-corrected chi connectivity index (χ3v) is 5.01. The van der Waals surface area contributed by atoms with Crippen molar-refractivity contribution in [2.24, 2.45) is 0 Å². The molecule has 2 aromatic carbocycles. The minimum absolute atomic E-state index is 0.0409. The van der Waals surface area contributed by atoms with Crippen LogP contribution in [-0.2, 0) is 4.74 Å². The minimum Gasteiger partial charge on any atom is -0.506 e. The van der Waals surface area contributed by atoms with Gasteiger partial charge in [0.15, 0.2) is 11.5 Å². The molecule has 2 aromatic heterocycles. The lowest BCUT2D eigenvalue weighted by molar-refractivity contribution is 0.103. The van der Waals surface area contributed by atoms with Gasteiger partial charge in [0.1, 0.15) is 17.1 Å². The second-order valence-corrected chi connectivity index (χ2v) is 7.37. The smallest absolute Gasteiger partial charge is 0.506 e. The zero-order valence-corrected chi connectivity index (χ0v) is 18.5. The molecule has 0 saturated carbocycles. The van der Waals surface area contributed by atoms with Crippen molar-refractivity contribution < 1.29 is 29.2 Å². The van der Waals surface area contributed by atoms with Gasteiger partial charge in [-0.05, 0) is 26.8 Å². The van der Waals surface area contributed by atoms with E-state index in [0.29, 0.717) is 11.1 Å². The fourth-order valence-corrected chi connectivity index (χ4v) is 3.52. The minimum atomic E-state index is -0.936. The SMILES string of the molecule is CCOC(=O)Oc1cc(O)c(-n2nnc(O)c2-c2cccc3c2ncn3C(C)C)cc1OC. The predicted octanol–water partition coefficient (Wildman–Crippen LogP) is 3.82. The van der Waals surface area contributed by atoms with Gasteiger partial charge >= 0.3 is 6.16 Å². The number of aromatic hydroxyl groups is 2. The van der Waals surface area contributed by atoms with Crippen LogP contribution in [-0.4, -0.2) is 54.6 Å². The molecule has 172 valence electrons. The number of carbonyl (C=O) groups excluding carboxylic acids is 1. The van der Waals surface area contributed by atoms with Crippen molar-refractivity contribution in [1.29, 1.82) is 0 Å². The Balaban J connectivity index is 1.86. The summed E-state index contributed by atoms with van der Waals surface area (Å²) in [5.74, 6) is -0.534. The van der Waals surface area contributed by atoms with Gasteiger partial charge in [-0.15, -0.1) is 0 Å². The van der Waals surface area contributed by atoms with Crippen molar-refractivity contribution >= 4 is 17.2 Å². The molecule has 33 heavy (non-hydrogen) atoms. The molecule has 11 nitrogen and oxygen atoms in total. The number of benzene rings is 2. The number of methoxy groups -OCH3 is 1. The molecule has 2 heterocycles. The number of para-hydroxylation sites is 1. The number of fused-ring (bicyclic) bond motifs is 1. The van der Waals surface area contributed by atoms with Gasteiger partial charge in [0.25, 0.3) is 5.88 Å². The molecule has 2 N–H and O–H groups in total. The van der Waals surface area contributed by atoms with Crippen molar-refractivity contribution in [1.82, 2.24) is 24.5 Å². The fourth-order valence-electron chi connectivity index (χ4n) is 3.52. The van der Waals surface area contributed by atoms with Crippen LogP contribution in [0.1, 0.15) is 26.8 Å². The predicted molar refractivity (Wildman–Crippen MR) is 118 cm³/mol. The summed E-state index contributed by atoms with van der Waals surface area (Å²) in [5.41, 5.74) is 2.45. The zero-order valence-electron chi connectivity index (χ0n) is 18.5. The summed E-state index contributed by atoms with van der Waals surface area (Å²) in [6.45, 7) is 5.86. The van der Waals surface area contributed by atoms with Crippen LogP contribution >= 0.6 is 0 Å². The molecular weight excluding hydrogens is 430 g/mol. The first kappa shape index (κ1) is 21.9. The highest BCUT2D eigenvalue weighted by atomic mass is 16.7. The number of phenols is 1. The van der Waals surface area contributed by atoms with E-state index in [0.717, 1.165) is 5.52 Å². The van der Waals surface area contributed by atoms with Gasteiger partial charge in [-0.3, -0.25) is 0 Å². The van der Waals surface area contributed by atoms with Gasteiger partial charge in [0, 0.05) is 23.7 Å². The van der Waals surface area contributed by atoms with Crippen LogP contribution in [0, 0.1) is 0 Å². The molecule has 4 aromatic rings. The van der Waals surface area contributed by atoms with Gasteiger partial charge in [-0.2, -0.15) is 0 Å². The Morgan fingerprint density at radius 2 is 1.97 bits per heavy atom. The van der Waals surface area contributed by atoms with Crippen LogP contribution in [0.15, 0.2) is 36.7 Å². The molecule has 0 unspecified atom stereocenters. The highest BCUT2D eigenvalue weighted by Crippen LogP contribution is 2.40. The number of imidazole rings is 1. The maximum Gasteiger partial charge on any atom is 0.513 e. The summed E-state index contributed by atoms with van der Waals surface area (Å²) in [5, 5.41) is 29.0. The Morgan fingerprint density at radius 3 is 2.67 bits per heavy atom. The molecule has 0 bridgehead atoms. The van der Waals surface area contributed by atoms with Gasteiger partial charge in [-0.1, -0.05) is 22.4 Å². The zero-order chi connectivity index (χ0) is 23.7. The number of aromatic nitrogens is 5. The molecule has 4 rings (SSSR count). The highest BCUT2D eigenvalue weighted by molar-refractivity contribution is 5.92. The fraction of sp³-hybridized carbons (Fsp3) is 0.273. The van der Waals surface area contributed by atoms with Crippen LogP contribution in [0.2, 0.25) is 0 Å². The first-order valence-corrected chi connectivity index (χ1v) is 10.2. The number of nitrogens with zero attached hydrogens (tertiary/aromatic N) is 5. The molecule has 0 radical (unpaired) electrons. The molecule has 0 spiro atoms. The lowest BCUT2D eigenvalue weighted by Gasteiger charge is -2.14. The van der Waals surface area contributed by atoms with Crippen LogP contribution in [0.4, 0.5) is 4.79 Å². The third-order valence-electron chi connectivity index (χ3n) is 5.01. The molecule has 0 fully saturated rings. The van der Waals surface area contributed by atoms with Crippen LogP contribution in [0.3, 0.4) is 0 Å². The topological polar surface area (TPSA) is 134 Å². The molecule has 0 aliphatic rings. The van der Waals surface area contributed by atoms with Gasteiger partial charge in [0.2, 0.25) is 0 Å². The second-order valence-electron chi connectivity index (χ2n) is 7.37. The average molecular weight is 453 g/mol. The number of rotatable bonds is 6. The number of carbonyl (C=O) groups is 1. The molecule has 0 atom stereocenters. The highest BCUT2D eigenvalue weighted by Gasteiger charge is 2.24. The molecule has 0 saturated heterocycles. The summed E-state index contributed by atoms with van der Waals surface area (Å²) in [4.78, 5) is 16.2. The van der Waals surface area contributed by atoms with E-state index in [1.807, 2.05) is 30.5 Å².